The first-order valence-corrected chi connectivity index (χ1v) is 2.51. The van der Waals surface area contributed by atoms with E-state index in [0.29, 0.717) is 9.76 Å². The van der Waals surface area contributed by atoms with E-state index in [4.69, 9.17) is 4.43 Å². The van der Waals surface area contributed by atoms with E-state index in [2.05, 4.69) is 0 Å². The summed E-state index contributed by atoms with van der Waals surface area (Å²) in [6.45, 7) is 0.832. The molecule has 0 spiro atoms. The first-order valence-electron chi connectivity index (χ1n) is 1.52. The zero-order chi connectivity index (χ0) is 3.54. The van der Waals surface area contributed by atoms with E-state index in [1.165, 1.54) is 0 Å². The quantitative estimate of drug-likeness (QED) is 0.380. The van der Waals surface area contributed by atoms with E-state index in [9.17, 15) is 0 Å². The van der Waals surface area contributed by atoms with Crippen LogP contribution in [0.1, 0.15) is 0 Å². The predicted octanol–water partition coefficient (Wildman–Crippen LogP) is 0.149. The van der Waals surface area contributed by atoms with E-state index in [1.54, 1.807) is 0 Å². The van der Waals surface area contributed by atoms with E-state index >= 15 is 0 Å². The molecule has 0 atom stereocenters. The number of rotatable bonds is 0. The van der Waals surface area contributed by atoms with E-state index in [1.807, 2.05) is 11.8 Å². The lowest BCUT2D eigenvalue weighted by atomic mass is 10.7. The van der Waals surface area contributed by atoms with Crippen LogP contribution in [-0.2, 0) is 4.43 Å². The second-order valence-corrected chi connectivity index (χ2v) is 1.69. The average Bonchev–Trinajstić information content (AvgIpc) is 1.76. The number of hydrogen-bond donors (Lipinski definition) is 0. The van der Waals surface area contributed by atoms with Crippen molar-refractivity contribution in [2.24, 2.45) is 0 Å². The van der Waals surface area contributed by atoms with Gasteiger partial charge in [-0.1, -0.05) is 11.8 Å². The molecule has 26 valence electrons. The first kappa shape index (κ1) is 3.12. The maximum absolute atomic E-state index is 4.86. The molecular weight excluding hydrogens is 80.1 g/mol. The fourth-order valence-corrected chi connectivity index (χ4v) is 0.722. The molecule has 0 aromatic rings. The zero-order valence-corrected chi connectivity index (χ0v) is 3.77. The van der Waals surface area contributed by atoms with Crippen LogP contribution in [0.3, 0.4) is 0 Å². The van der Waals surface area contributed by atoms with Crippen LogP contribution in [0.2, 0.25) is 0 Å². The van der Waals surface area contributed by atoms with Crippen LogP contribution in [0, 0.1) is 0 Å². The van der Waals surface area contributed by atoms with Gasteiger partial charge in [0.25, 0.3) is 9.76 Å². The molecule has 1 nitrogen and oxygen atoms in total. The molecule has 0 saturated heterocycles. The summed E-state index contributed by atoms with van der Waals surface area (Å²) in [6.07, 6.45) is 2.03. The van der Waals surface area contributed by atoms with Gasteiger partial charge >= 0.3 is 0 Å². The van der Waals surface area contributed by atoms with Crippen LogP contribution in [-0.4, -0.2) is 16.4 Å². The minimum absolute atomic E-state index is 0.628. The van der Waals surface area contributed by atoms with E-state index < -0.39 is 0 Å². The Kier molecular flexibility index (Phi) is 0.860. The second kappa shape index (κ2) is 1.38. The van der Waals surface area contributed by atoms with Gasteiger partial charge in [0.15, 0.2) is 0 Å². The van der Waals surface area contributed by atoms with Gasteiger partial charge in [0.05, 0.1) is 6.61 Å². The Morgan fingerprint density at radius 1 is 1.80 bits per heavy atom. The van der Waals surface area contributed by atoms with Crippen molar-refractivity contribution in [3.05, 3.63) is 11.8 Å². The van der Waals surface area contributed by atoms with Crippen molar-refractivity contribution in [2.75, 3.05) is 6.61 Å². The highest BCUT2D eigenvalue weighted by molar-refractivity contribution is 6.35. The lowest BCUT2D eigenvalue weighted by Crippen LogP contribution is -1.82. The van der Waals surface area contributed by atoms with Crippen molar-refractivity contribution in [3.8, 4) is 0 Å². The SMILES string of the molecule is C1=C[Si]OC1. The third-order valence-corrected chi connectivity index (χ3v) is 1.15. The van der Waals surface area contributed by atoms with Gasteiger partial charge < -0.3 is 4.43 Å². The smallest absolute Gasteiger partial charge is 0.260 e. The minimum Gasteiger partial charge on any atom is -0.408 e. The van der Waals surface area contributed by atoms with Crippen molar-refractivity contribution in [2.45, 2.75) is 0 Å². The van der Waals surface area contributed by atoms with Gasteiger partial charge in [0, 0.05) is 0 Å². The molecule has 5 heavy (non-hydrogen) atoms. The van der Waals surface area contributed by atoms with Crippen LogP contribution < -0.4 is 0 Å². The lowest BCUT2D eigenvalue weighted by Gasteiger charge is -1.76. The Balaban J connectivity index is 2.32. The summed E-state index contributed by atoms with van der Waals surface area (Å²) in [4.78, 5) is 0. The molecule has 1 rings (SSSR count). The average molecular weight is 84.1 g/mol. The highest BCUT2D eigenvalue weighted by atomic mass is 28.2. The predicted molar refractivity (Wildman–Crippen MR) is 20.8 cm³/mol. The zero-order valence-electron chi connectivity index (χ0n) is 2.77. The Bertz CT molecular complexity index is 44.9. The molecule has 0 saturated carbocycles. The van der Waals surface area contributed by atoms with Gasteiger partial charge in [0.2, 0.25) is 0 Å². The maximum atomic E-state index is 4.86. The normalized spacial score (nSPS) is 20.8. The lowest BCUT2D eigenvalue weighted by molar-refractivity contribution is 0.403. The Morgan fingerprint density at radius 2 is 2.80 bits per heavy atom. The molecule has 0 N–H and O–H groups in total. The van der Waals surface area contributed by atoms with Crippen molar-refractivity contribution in [1.82, 2.24) is 0 Å². The van der Waals surface area contributed by atoms with E-state index in [0.717, 1.165) is 6.61 Å². The summed E-state index contributed by atoms with van der Waals surface area (Å²) in [7, 11) is 0.628. The summed E-state index contributed by atoms with van der Waals surface area (Å²) < 4.78 is 4.86. The highest BCUT2D eigenvalue weighted by Crippen LogP contribution is 1.82. The van der Waals surface area contributed by atoms with Crippen LogP contribution in [0.4, 0.5) is 0 Å². The van der Waals surface area contributed by atoms with Crippen molar-refractivity contribution < 1.29 is 4.43 Å². The van der Waals surface area contributed by atoms with Gasteiger partial charge in [-0.2, -0.15) is 0 Å². The van der Waals surface area contributed by atoms with Crippen molar-refractivity contribution in [1.29, 1.82) is 0 Å². The summed E-state index contributed by atoms with van der Waals surface area (Å²) in [5.74, 6) is 0. The van der Waals surface area contributed by atoms with Gasteiger partial charge in [-0.25, -0.2) is 0 Å². The molecule has 0 aromatic heterocycles. The topological polar surface area (TPSA) is 9.23 Å². The van der Waals surface area contributed by atoms with Crippen LogP contribution >= 0.6 is 0 Å². The van der Waals surface area contributed by atoms with Crippen LogP contribution in [0.15, 0.2) is 11.8 Å². The molecule has 0 bridgehead atoms. The second-order valence-electron chi connectivity index (χ2n) is 0.831. The summed E-state index contributed by atoms with van der Waals surface area (Å²) in [6, 6.07) is 0. The highest BCUT2D eigenvalue weighted by Gasteiger charge is 1.86. The Hall–Kier alpha value is -0.0831. The maximum Gasteiger partial charge on any atom is 0.260 e. The largest absolute Gasteiger partial charge is 0.408 e. The third kappa shape index (κ3) is 0.595. The molecule has 0 fully saturated rings. The minimum atomic E-state index is 0.628. The molecule has 1 aliphatic heterocycles. The van der Waals surface area contributed by atoms with Crippen molar-refractivity contribution >= 4 is 9.76 Å². The first-order chi connectivity index (χ1) is 2.50. The molecule has 0 aliphatic carbocycles. The fraction of sp³-hybridized carbons (Fsp3) is 0.333. The van der Waals surface area contributed by atoms with Crippen molar-refractivity contribution in [3.63, 3.8) is 0 Å². The molecule has 0 amide bonds. The molecule has 0 aromatic carbocycles. The molecule has 0 unspecified atom stereocenters. The Morgan fingerprint density at radius 3 is 3.00 bits per heavy atom. The molecule has 1 aliphatic rings. The Labute approximate surface area is 33.6 Å². The molecule has 1 heterocycles. The van der Waals surface area contributed by atoms with Crippen LogP contribution in [0.25, 0.3) is 0 Å². The molecule has 2 heteroatoms. The third-order valence-electron chi connectivity index (χ3n) is 0.449. The number of hydrogen-bond acceptors (Lipinski definition) is 1. The monoisotopic (exact) mass is 84.0 g/mol. The fourth-order valence-electron chi connectivity index (χ4n) is 0.241. The molecular formula is C3H4OSi. The standard InChI is InChI=1S/C3H4OSi/c1-2-4-5-3-1/h1,3H,2H2. The van der Waals surface area contributed by atoms with Gasteiger partial charge in [-0.15, -0.1) is 0 Å². The van der Waals surface area contributed by atoms with Gasteiger partial charge in [-0.05, 0) is 0 Å². The van der Waals surface area contributed by atoms with Gasteiger partial charge in [-0.3, -0.25) is 0 Å². The summed E-state index contributed by atoms with van der Waals surface area (Å²) in [5.41, 5.74) is 2.04. The summed E-state index contributed by atoms with van der Waals surface area (Å²) in [5, 5.41) is 0. The molecule has 2 radical (unpaired) electrons. The summed E-state index contributed by atoms with van der Waals surface area (Å²) >= 11 is 0. The van der Waals surface area contributed by atoms with Gasteiger partial charge in [0.1, 0.15) is 0 Å². The van der Waals surface area contributed by atoms with Crippen LogP contribution in [0.5, 0.6) is 0 Å². The van der Waals surface area contributed by atoms with E-state index in [-0.39, 0.29) is 0 Å².